The summed E-state index contributed by atoms with van der Waals surface area (Å²) in [6.45, 7) is 2.15. The van der Waals surface area contributed by atoms with Gasteiger partial charge in [0.05, 0.1) is 5.56 Å². The van der Waals surface area contributed by atoms with Crippen molar-refractivity contribution in [2.75, 3.05) is 0 Å². The first kappa shape index (κ1) is 13.3. The fraction of sp³-hybridized carbons (Fsp3) is 0.400. The molecule has 2 nitrogen and oxygen atoms in total. The van der Waals surface area contributed by atoms with Gasteiger partial charge in [0.25, 0.3) is 0 Å². The fourth-order valence-corrected chi connectivity index (χ4v) is 1.59. The number of terminal acetylenes is 1. The number of carbonyl (C=O) groups is 1. The maximum absolute atomic E-state index is 10.8. The minimum Gasteiger partial charge on any atom is -0.477 e. The van der Waals surface area contributed by atoms with Crippen molar-refractivity contribution in [2.45, 2.75) is 38.7 Å². The van der Waals surface area contributed by atoms with Crippen molar-refractivity contribution in [3.63, 3.8) is 0 Å². The highest BCUT2D eigenvalue weighted by atomic mass is 16.5. The smallest absolute Gasteiger partial charge is 0.158 e. The summed E-state index contributed by atoms with van der Waals surface area (Å²) in [6, 6.07) is 7.14. The van der Waals surface area contributed by atoms with Gasteiger partial charge >= 0.3 is 0 Å². The minimum absolute atomic E-state index is 0.248. The lowest BCUT2D eigenvalue weighted by molar-refractivity contribution is 0.111. The van der Waals surface area contributed by atoms with Crippen molar-refractivity contribution in [3.8, 4) is 18.1 Å². The van der Waals surface area contributed by atoms with Crippen LogP contribution in [0, 0.1) is 12.3 Å². The third kappa shape index (κ3) is 4.32. The quantitative estimate of drug-likeness (QED) is 0.407. The second-order valence-electron chi connectivity index (χ2n) is 3.92. The molecule has 0 aliphatic carbocycles. The van der Waals surface area contributed by atoms with E-state index in [2.05, 4.69) is 12.8 Å². The Kier molecular flexibility index (Phi) is 5.88. The number of hydrogen-bond acceptors (Lipinski definition) is 2. The van der Waals surface area contributed by atoms with Crippen molar-refractivity contribution in [2.24, 2.45) is 0 Å². The van der Waals surface area contributed by atoms with Crippen molar-refractivity contribution in [1.29, 1.82) is 0 Å². The van der Waals surface area contributed by atoms with Gasteiger partial charge in [0.2, 0.25) is 0 Å². The summed E-state index contributed by atoms with van der Waals surface area (Å²) in [4.78, 5) is 10.8. The second kappa shape index (κ2) is 7.51. The van der Waals surface area contributed by atoms with Crippen LogP contribution < -0.4 is 4.74 Å². The molecule has 0 aliphatic heterocycles. The van der Waals surface area contributed by atoms with Gasteiger partial charge in [-0.25, -0.2) is 0 Å². The van der Waals surface area contributed by atoms with Crippen LogP contribution in [-0.4, -0.2) is 12.4 Å². The predicted octanol–water partition coefficient (Wildman–Crippen LogP) is 3.46. The molecule has 1 unspecified atom stereocenters. The molecule has 0 aromatic heterocycles. The van der Waals surface area contributed by atoms with Crippen molar-refractivity contribution >= 4 is 6.29 Å². The molecule has 90 valence electrons. The summed E-state index contributed by atoms with van der Waals surface area (Å²) in [6.07, 6.45) is 10.2. The molecule has 0 radical (unpaired) electrons. The number of rotatable bonds is 7. The molecule has 0 saturated heterocycles. The Morgan fingerprint density at radius 2 is 2.18 bits per heavy atom. The Labute approximate surface area is 103 Å². The van der Waals surface area contributed by atoms with E-state index < -0.39 is 0 Å². The SMILES string of the molecule is C#CC(CCCCC)Oc1ccccc1C=O. The van der Waals surface area contributed by atoms with Gasteiger partial charge in [0.1, 0.15) is 5.75 Å². The molecule has 0 bridgehead atoms. The Bertz CT molecular complexity index is 390. The van der Waals surface area contributed by atoms with Gasteiger partial charge < -0.3 is 4.74 Å². The number of benzene rings is 1. The van der Waals surface area contributed by atoms with Crippen LogP contribution in [0.15, 0.2) is 24.3 Å². The molecular weight excluding hydrogens is 212 g/mol. The fourth-order valence-electron chi connectivity index (χ4n) is 1.59. The van der Waals surface area contributed by atoms with Crippen LogP contribution in [0.25, 0.3) is 0 Å². The van der Waals surface area contributed by atoms with Crippen LogP contribution in [0.4, 0.5) is 0 Å². The van der Waals surface area contributed by atoms with Gasteiger partial charge in [-0.1, -0.05) is 37.8 Å². The van der Waals surface area contributed by atoms with E-state index in [1.807, 2.05) is 6.07 Å². The molecule has 1 aromatic rings. The summed E-state index contributed by atoms with van der Waals surface area (Å²) in [5, 5.41) is 0. The van der Waals surface area contributed by atoms with Gasteiger partial charge in [-0.3, -0.25) is 4.79 Å². The number of unbranched alkanes of at least 4 members (excludes halogenated alkanes) is 2. The maximum atomic E-state index is 10.8. The molecule has 0 N–H and O–H groups in total. The van der Waals surface area contributed by atoms with Crippen molar-refractivity contribution in [1.82, 2.24) is 0 Å². The van der Waals surface area contributed by atoms with Crippen LogP contribution >= 0.6 is 0 Å². The summed E-state index contributed by atoms with van der Waals surface area (Å²) >= 11 is 0. The number of hydrogen-bond donors (Lipinski definition) is 0. The first-order chi connectivity index (χ1) is 8.31. The van der Waals surface area contributed by atoms with Crippen molar-refractivity contribution < 1.29 is 9.53 Å². The molecule has 1 aromatic carbocycles. The lowest BCUT2D eigenvalue weighted by Gasteiger charge is -2.14. The van der Waals surface area contributed by atoms with Gasteiger partial charge in [0, 0.05) is 0 Å². The van der Waals surface area contributed by atoms with Crippen LogP contribution in [-0.2, 0) is 0 Å². The third-order valence-electron chi connectivity index (χ3n) is 2.57. The Morgan fingerprint density at radius 1 is 1.41 bits per heavy atom. The molecule has 1 rings (SSSR count). The van der Waals surface area contributed by atoms with E-state index in [-0.39, 0.29) is 6.10 Å². The van der Waals surface area contributed by atoms with E-state index >= 15 is 0 Å². The first-order valence-electron chi connectivity index (χ1n) is 5.98. The molecule has 17 heavy (non-hydrogen) atoms. The zero-order valence-electron chi connectivity index (χ0n) is 10.2. The van der Waals surface area contributed by atoms with E-state index in [9.17, 15) is 4.79 Å². The number of carbonyl (C=O) groups excluding carboxylic acids is 1. The Hall–Kier alpha value is -1.75. The minimum atomic E-state index is -0.248. The van der Waals surface area contributed by atoms with Crippen LogP contribution in [0.5, 0.6) is 5.75 Å². The van der Waals surface area contributed by atoms with E-state index in [0.29, 0.717) is 11.3 Å². The lowest BCUT2D eigenvalue weighted by Crippen LogP contribution is -2.14. The third-order valence-corrected chi connectivity index (χ3v) is 2.57. The molecular formula is C15H18O2. The van der Waals surface area contributed by atoms with E-state index in [4.69, 9.17) is 11.2 Å². The average Bonchev–Trinajstić information content (AvgIpc) is 2.38. The summed E-state index contributed by atoms with van der Waals surface area (Å²) in [5.74, 6) is 3.19. The molecule has 0 heterocycles. The Morgan fingerprint density at radius 3 is 2.82 bits per heavy atom. The molecule has 0 aliphatic rings. The monoisotopic (exact) mass is 230 g/mol. The molecule has 0 fully saturated rings. The maximum Gasteiger partial charge on any atom is 0.158 e. The Balaban J connectivity index is 2.61. The summed E-state index contributed by atoms with van der Waals surface area (Å²) < 4.78 is 5.66. The normalized spacial score (nSPS) is 11.5. The molecule has 0 saturated carbocycles. The molecule has 2 heteroatoms. The average molecular weight is 230 g/mol. The number of para-hydroxylation sites is 1. The molecule has 1 atom stereocenters. The van der Waals surface area contributed by atoms with E-state index in [1.165, 1.54) is 0 Å². The largest absolute Gasteiger partial charge is 0.477 e. The van der Waals surface area contributed by atoms with Gasteiger partial charge in [-0.05, 0) is 25.0 Å². The standard InChI is InChI=1S/C15H18O2/c1-3-5-6-10-14(4-2)17-15-11-8-7-9-13(15)12-16/h2,7-9,11-12,14H,3,5-6,10H2,1H3. The first-order valence-corrected chi connectivity index (χ1v) is 5.98. The topological polar surface area (TPSA) is 26.3 Å². The highest BCUT2D eigenvalue weighted by molar-refractivity contribution is 5.79. The zero-order chi connectivity index (χ0) is 12.5. The van der Waals surface area contributed by atoms with E-state index in [1.54, 1.807) is 18.2 Å². The second-order valence-corrected chi connectivity index (χ2v) is 3.92. The van der Waals surface area contributed by atoms with Gasteiger partial charge in [-0.15, -0.1) is 6.42 Å². The van der Waals surface area contributed by atoms with Gasteiger partial charge in [-0.2, -0.15) is 0 Å². The number of aldehydes is 1. The summed E-state index contributed by atoms with van der Waals surface area (Å²) in [5.41, 5.74) is 0.545. The lowest BCUT2D eigenvalue weighted by atomic mass is 10.1. The van der Waals surface area contributed by atoms with Crippen LogP contribution in [0.3, 0.4) is 0 Å². The summed E-state index contributed by atoms with van der Waals surface area (Å²) in [7, 11) is 0. The highest BCUT2D eigenvalue weighted by Crippen LogP contribution is 2.19. The van der Waals surface area contributed by atoms with Crippen LogP contribution in [0.2, 0.25) is 0 Å². The van der Waals surface area contributed by atoms with E-state index in [0.717, 1.165) is 32.0 Å². The zero-order valence-corrected chi connectivity index (χ0v) is 10.2. The molecule has 0 amide bonds. The van der Waals surface area contributed by atoms with Crippen LogP contribution in [0.1, 0.15) is 43.0 Å². The highest BCUT2D eigenvalue weighted by Gasteiger charge is 2.09. The van der Waals surface area contributed by atoms with Gasteiger partial charge in [0.15, 0.2) is 12.4 Å². The predicted molar refractivity (Wildman–Crippen MR) is 69.2 cm³/mol. The van der Waals surface area contributed by atoms with Crippen molar-refractivity contribution in [3.05, 3.63) is 29.8 Å². The molecule has 0 spiro atoms. The number of ether oxygens (including phenoxy) is 1.